The topological polar surface area (TPSA) is 62.1 Å². The predicted molar refractivity (Wildman–Crippen MR) is 80.8 cm³/mol. The van der Waals surface area contributed by atoms with Crippen molar-refractivity contribution in [3.8, 4) is 11.8 Å². The first-order valence-corrected chi connectivity index (χ1v) is 7.55. The quantitative estimate of drug-likeness (QED) is 0.846. The number of nitrogens with one attached hydrogen (secondary N) is 1. The van der Waals surface area contributed by atoms with Crippen molar-refractivity contribution < 1.29 is 9.53 Å². The molecule has 0 aliphatic heterocycles. The van der Waals surface area contributed by atoms with Gasteiger partial charge in [0, 0.05) is 0 Å². The summed E-state index contributed by atoms with van der Waals surface area (Å²) < 4.78 is 5.59. The lowest BCUT2D eigenvalue weighted by molar-refractivity contribution is -0.129. The van der Waals surface area contributed by atoms with E-state index in [-0.39, 0.29) is 5.91 Å². The Balaban J connectivity index is 1.77. The lowest BCUT2D eigenvalue weighted by Crippen LogP contribution is -2.42. The van der Waals surface area contributed by atoms with Crippen LogP contribution in [0.5, 0.6) is 5.75 Å². The van der Waals surface area contributed by atoms with Gasteiger partial charge in [0.2, 0.25) is 5.91 Å². The van der Waals surface area contributed by atoms with Crippen LogP contribution in [0, 0.1) is 23.7 Å². The summed E-state index contributed by atoms with van der Waals surface area (Å²) in [6.07, 6.45) is 4.39. The molecule has 0 spiro atoms. The second-order valence-corrected chi connectivity index (χ2v) is 5.68. The average molecular weight is 286 g/mol. The van der Waals surface area contributed by atoms with Gasteiger partial charge in [0.05, 0.1) is 12.6 Å². The van der Waals surface area contributed by atoms with Gasteiger partial charge in [-0.25, -0.2) is 0 Å². The predicted octanol–water partition coefficient (Wildman–Crippen LogP) is 2.96. The van der Waals surface area contributed by atoms with E-state index >= 15 is 0 Å². The molecule has 1 fully saturated rings. The molecule has 1 amide bonds. The maximum atomic E-state index is 12.2. The number of nitriles is 1. The van der Waals surface area contributed by atoms with E-state index < -0.39 is 5.41 Å². The maximum absolute atomic E-state index is 12.2. The molecule has 0 saturated heterocycles. The van der Waals surface area contributed by atoms with Gasteiger partial charge in [0.25, 0.3) is 0 Å². The van der Waals surface area contributed by atoms with Gasteiger partial charge in [-0.1, -0.05) is 31.4 Å². The van der Waals surface area contributed by atoms with E-state index in [4.69, 9.17) is 4.74 Å². The molecular formula is C17H22N2O2. The first-order chi connectivity index (χ1) is 10.2. The van der Waals surface area contributed by atoms with E-state index in [2.05, 4.69) is 11.4 Å². The van der Waals surface area contributed by atoms with E-state index in [0.29, 0.717) is 26.0 Å². The Morgan fingerprint density at radius 3 is 2.81 bits per heavy atom. The summed E-state index contributed by atoms with van der Waals surface area (Å²) in [5, 5.41) is 12.2. The molecule has 0 heterocycles. The fourth-order valence-electron chi connectivity index (χ4n) is 2.75. The second kappa shape index (κ2) is 7.12. The Kier molecular flexibility index (Phi) is 5.21. The number of nitrogens with zero attached hydrogens (tertiary/aromatic N) is 1. The Morgan fingerprint density at radius 1 is 1.38 bits per heavy atom. The number of amides is 1. The van der Waals surface area contributed by atoms with Crippen LogP contribution in [0.15, 0.2) is 24.3 Å². The third kappa shape index (κ3) is 3.98. The Hall–Kier alpha value is -2.02. The highest BCUT2D eigenvalue weighted by atomic mass is 16.5. The summed E-state index contributed by atoms with van der Waals surface area (Å²) in [6, 6.07) is 10.0. The maximum Gasteiger partial charge on any atom is 0.240 e. The largest absolute Gasteiger partial charge is 0.492 e. The van der Waals surface area contributed by atoms with E-state index in [0.717, 1.165) is 30.6 Å². The fourth-order valence-corrected chi connectivity index (χ4v) is 2.75. The molecule has 0 bridgehead atoms. The van der Waals surface area contributed by atoms with Gasteiger partial charge in [0.15, 0.2) is 0 Å². The van der Waals surface area contributed by atoms with Gasteiger partial charge >= 0.3 is 0 Å². The molecule has 4 nitrogen and oxygen atoms in total. The number of hydrogen-bond donors (Lipinski definition) is 1. The van der Waals surface area contributed by atoms with Gasteiger partial charge < -0.3 is 10.1 Å². The smallest absolute Gasteiger partial charge is 0.240 e. The van der Waals surface area contributed by atoms with Crippen LogP contribution in [0.2, 0.25) is 0 Å². The normalized spacial score (nSPS) is 16.8. The highest BCUT2D eigenvalue weighted by molar-refractivity contribution is 5.85. The van der Waals surface area contributed by atoms with Crippen molar-refractivity contribution in [3.63, 3.8) is 0 Å². The Bertz CT molecular complexity index is 528. The van der Waals surface area contributed by atoms with Crippen molar-refractivity contribution in [1.29, 1.82) is 5.26 Å². The molecule has 2 rings (SSSR count). The van der Waals surface area contributed by atoms with E-state index in [1.54, 1.807) is 0 Å². The zero-order valence-electron chi connectivity index (χ0n) is 12.5. The number of carbonyl (C=O) groups is 1. The Labute approximate surface area is 126 Å². The molecule has 4 heteroatoms. The number of rotatable bonds is 5. The fraction of sp³-hybridized carbons (Fsp3) is 0.529. The van der Waals surface area contributed by atoms with Crippen molar-refractivity contribution in [2.75, 3.05) is 13.2 Å². The number of ether oxygens (including phenoxy) is 1. The summed E-state index contributed by atoms with van der Waals surface area (Å²) in [5.74, 6) is 0.662. The molecule has 0 atom stereocenters. The van der Waals surface area contributed by atoms with Gasteiger partial charge in [-0.3, -0.25) is 4.79 Å². The summed E-state index contributed by atoms with van der Waals surface area (Å²) in [6.45, 7) is 2.85. The minimum Gasteiger partial charge on any atom is -0.492 e. The van der Waals surface area contributed by atoms with Crippen LogP contribution in [0.1, 0.15) is 37.7 Å². The molecule has 1 saturated carbocycles. The number of hydrogen-bond acceptors (Lipinski definition) is 3. The lowest BCUT2D eigenvalue weighted by atomic mass is 9.74. The van der Waals surface area contributed by atoms with Crippen molar-refractivity contribution in [1.82, 2.24) is 5.32 Å². The van der Waals surface area contributed by atoms with Crippen LogP contribution in [0.4, 0.5) is 0 Å². The van der Waals surface area contributed by atoms with Crippen LogP contribution in [0.25, 0.3) is 0 Å². The molecular weight excluding hydrogens is 264 g/mol. The first-order valence-electron chi connectivity index (χ1n) is 7.55. The zero-order chi connectivity index (χ0) is 15.1. The monoisotopic (exact) mass is 286 g/mol. The van der Waals surface area contributed by atoms with Crippen LogP contribution in [-0.2, 0) is 4.79 Å². The molecule has 0 unspecified atom stereocenters. The van der Waals surface area contributed by atoms with Gasteiger partial charge in [0.1, 0.15) is 17.8 Å². The van der Waals surface area contributed by atoms with Crippen molar-refractivity contribution in [3.05, 3.63) is 29.8 Å². The number of carbonyl (C=O) groups excluding carboxylic acids is 1. The second-order valence-electron chi connectivity index (χ2n) is 5.68. The average Bonchev–Trinajstić information content (AvgIpc) is 2.52. The van der Waals surface area contributed by atoms with Crippen LogP contribution in [0.3, 0.4) is 0 Å². The minimum absolute atomic E-state index is 0.141. The van der Waals surface area contributed by atoms with Crippen molar-refractivity contribution in [2.24, 2.45) is 5.41 Å². The summed E-state index contributed by atoms with van der Waals surface area (Å²) in [5.41, 5.74) is 0.323. The number of benzene rings is 1. The van der Waals surface area contributed by atoms with E-state index in [9.17, 15) is 10.1 Å². The van der Waals surface area contributed by atoms with E-state index in [1.807, 2.05) is 31.2 Å². The minimum atomic E-state index is -0.818. The molecule has 112 valence electrons. The van der Waals surface area contributed by atoms with Crippen LogP contribution >= 0.6 is 0 Å². The third-order valence-electron chi connectivity index (χ3n) is 4.00. The SMILES string of the molecule is Cc1cccc(OCCNC(=O)C2(C#N)CCCCC2)c1. The summed E-state index contributed by atoms with van der Waals surface area (Å²) >= 11 is 0. The molecule has 1 aliphatic carbocycles. The van der Waals surface area contributed by atoms with Gasteiger partial charge in [-0.2, -0.15) is 5.26 Å². The number of aryl methyl sites for hydroxylation is 1. The lowest BCUT2D eigenvalue weighted by Gasteiger charge is -2.29. The zero-order valence-corrected chi connectivity index (χ0v) is 12.5. The van der Waals surface area contributed by atoms with Crippen molar-refractivity contribution in [2.45, 2.75) is 39.0 Å². The Morgan fingerprint density at radius 2 is 2.14 bits per heavy atom. The van der Waals surface area contributed by atoms with Crippen LogP contribution < -0.4 is 10.1 Å². The third-order valence-corrected chi connectivity index (χ3v) is 4.00. The van der Waals surface area contributed by atoms with Gasteiger partial charge in [-0.05, 0) is 37.5 Å². The molecule has 21 heavy (non-hydrogen) atoms. The molecule has 1 aromatic rings. The molecule has 0 radical (unpaired) electrons. The summed E-state index contributed by atoms with van der Waals surface area (Å²) in [7, 11) is 0. The molecule has 1 N–H and O–H groups in total. The highest BCUT2D eigenvalue weighted by Gasteiger charge is 2.39. The van der Waals surface area contributed by atoms with Gasteiger partial charge in [-0.15, -0.1) is 0 Å². The molecule has 0 aromatic heterocycles. The highest BCUT2D eigenvalue weighted by Crippen LogP contribution is 2.35. The molecule has 1 aliphatic rings. The van der Waals surface area contributed by atoms with Crippen molar-refractivity contribution >= 4 is 5.91 Å². The standard InChI is InChI=1S/C17H22N2O2/c1-14-6-5-7-15(12-14)21-11-10-19-16(20)17(13-18)8-3-2-4-9-17/h5-7,12H,2-4,8-11H2,1H3,(H,19,20). The first kappa shape index (κ1) is 15.4. The van der Waals surface area contributed by atoms with Crippen LogP contribution in [-0.4, -0.2) is 19.1 Å². The molecule has 1 aromatic carbocycles. The summed E-state index contributed by atoms with van der Waals surface area (Å²) in [4.78, 5) is 12.2. The van der Waals surface area contributed by atoms with E-state index in [1.165, 1.54) is 0 Å².